The Morgan fingerprint density at radius 3 is 2.45 bits per heavy atom. The van der Waals surface area contributed by atoms with Crippen LogP contribution in [0.5, 0.6) is 0 Å². The second-order valence-electron chi connectivity index (χ2n) is 17.8. The van der Waals surface area contributed by atoms with Crippen LogP contribution in [-0.4, -0.2) is 59.8 Å². The van der Waals surface area contributed by atoms with Gasteiger partial charge in [0.05, 0.1) is 12.5 Å². The third-order valence-corrected chi connectivity index (χ3v) is 14.3. The largest absolute Gasteiger partial charge is 0.462 e. The first-order valence-corrected chi connectivity index (χ1v) is 20.4. The average molecular weight is 684 g/mol. The smallest absolute Gasteiger partial charge is 0.306 e. The van der Waals surface area contributed by atoms with E-state index in [1.165, 1.54) is 56.3 Å². The maximum absolute atomic E-state index is 12.8. The molecule has 278 valence electrons. The Balaban J connectivity index is 1.01. The first kappa shape index (κ1) is 38.5. The number of carbonyl (C=O) groups is 3. The lowest BCUT2D eigenvalue weighted by atomic mass is 9.47. The predicted octanol–water partition coefficient (Wildman–Crippen LogP) is 8.66. The Kier molecular flexibility index (Phi) is 13.2. The molecule has 3 saturated carbocycles. The van der Waals surface area contributed by atoms with E-state index in [4.69, 9.17) is 9.47 Å². The van der Waals surface area contributed by atoms with Crippen LogP contribution in [0.4, 0.5) is 0 Å². The molecule has 7 heteroatoms. The molecule has 10 atom stereocenters. The summed E-state index contributed by atoms with van der Waals surface area (Å²) in [6, 6.07) is 0. The highest BCUT2D eigenvalue weighted by Gasteiger charge is 2.59. The molecule has 0 bridgehead atoms. The van der Waals surface area contributed by atoms with Crippen molar-refractivity contribution in [2.75, 3.05) is 19.7 Å². The molecule has 0 aromatic heterocycles. The van der Waals surface area contributed by atoms with Crippen LogP contribution >= 0.6 is 0 Å². The molecule has 6 unspecified atom stereocenters. The van der Waals surface area contributed by atoms with E-state index in [1.54, 1.807) is 12.5 Å². The maximum Gasteiger partial charge on any atom is 0.306 e. The van der Waals surface area contributed by atoms with E-state index in [9.17, 15) is 19.5 Å². The van der Waals surface area contributed by atoms with Crippen molar-refractivity contribution in [3.05, 3.63) is 11.6 Å². The zero-order valence-corrected chi connectivity index (χ0v) is 31.9. The van der Waals surface area contributed by atoms with Crippen molar-refractivity contribution in [2.45, 2.75) is 163 Å². The molecular formula is C42H69NO6. The van der Waals surface area contributed by atoms with Crippen LogP contribution in [0.3, 0.4) is 0 Å². The summed E-state index contributed by atoms with van der Waals surface area (Å²) in [5, 5.41) is 10.0. The van der Waals surface area contributed by atoms with Gasteiger partial charge in [-0.05, 0) is 111 Å². The Morgan fingerprint density at radius 2 is 1.71 bits per heavy atom. The number of ether oxygens (including phenoxy) is 2. The number of hydrogen-bond acceptors (Lipinski definition) is 6. The number of hydrogen-bond donors (Lipinski definition) is 1. The Hall–Kier alpha value is -1.73. The second kappa shape index (κ2) is 16.7. The third kappa shape index (κ3) is 8.67. The molecule has 0 radical (unpaired) electrons. The molecule has 4 aliphatic carbocycles. The highest BCUT2D eigenvalue weighted by molar-refractivity contribution is 5.91. The number of aliphatic hydroxyl groups excluding tert-OH is 1. The summed E-state index contributed by atoms with van der Waals surface area (Å²) >= 11 is 0. The minimum absolute atomic E-state index is 0.00523. The molecule has 4 fully saturated rings. The normalized spacial score (nSPS) is 35.4. The van der Waals surface area contributed by atoms with E-state index in [1.807, 2.05) is 0 Å². The molecule has 1 aliphatic heterocycles. The van der Waals surface area contributed by atoms with Gasteiger partial charge in [-0.25, -0.2) is 0 Å². The van der Waals surface area contributed by atoms with Gasteiger partial charge in [-0.2, -0.15) is 0 Å². The molecule has 0 aromatic rings. The van der Waals surface area contributed by atoms with Gasteiger partial charge in [0.1, 0.15) is 6.10 Å². The zero-order valence-electron chi connectivity index (χ0n) is 31.9. The summed E-state index contributed by atoms with van der Waals surface area (Å²) in [5.41, 5.74) is 2.34. The van der Waals surface area contributed by atoms with Crippen LogP contribution in [0, 0.1) is 52.3 Å². The molecule has 1 amide bonds. The number of allylic oxidation sites excluding steroid dienone is 1. The molecule has 5 aliphatic rings. The first-order valence-electron chi connectivity index (χ1n) is 20.4. The van der Waals surface area contributed by atoms with Gasteiger partial charge in [0.15, 0.2) is 12.1 Å². The van der Waals surface area contributed by atoms with Crippen LogP contribution in [0.15, 0.2) is 11.6 Å². The van der Waals surface area contributed by atoms with Crippen molar-refractivity contribution in [3.8, 4) is 0 Å². The fraction of sp³-hybridized carbons (Fsp3) is 0.881. The number of nitrogens with zero attached hydrogens (tertiary/aromatic N) is 1. The van der Waals surface area contributed by atoms with Crippen LogP contribution < -0.4 is 0 Å². The van der Waals surface area contributed by atoms with Crippen molar-refractivity contribution in [2.24, 2.45) is 52.3 Å². The van der Waals surface area contributed by atoms with Crippen LogP contribution in [-0.2, 0) is 23.9 Å². The van der Waals surface area contributed by atoms with Gasteiger partial charge in [0, 0.05) is 32.4 Å². The zero-order chi connectivity index (χ0) is 35.3. The van der Waals surface area contributed by atoms with E-state index in [-0.39, 0.29) is 42.3 Å². The first-order chi connectivity index (χ1) is 23.4. The molecular weight excluding hydrogens is 614 g/mol. The Morgan fingerprint density at radius 1 is 0.959 bits per heavy atom. The molecule has 1 N–H and O–H groups in total. The van der Waals surface area contributed by atoms with Gasteiger partial charge in [0.2, 0.25) is 5.91 Å². The van der Waals surface area contributed by atoms with E-state index in [2.05, 4.69) is 40.7 Å². The Labute approximate surface area is 297 Å². The van der Waals surface area contributed by atoms with Crippen LogP contribution in [0.25, 0.3) is 0 Å². The maximum atomic E-state index is 12.8. The molecule has 49 heavy (non-hydrogen) atoms. The fourth-order valence-corrected chi connectivity index (χ4v) is 11.5. The van der Waals surface area contributed by atoms with Gasteiger partial charge >= 0.3 is 5.97 Å². The van der Waals surface area contributed by atoms with Crippen molar-refractivity contribution >= 4 is 17.7 Å². The summed E-state index contributed by atoms with van der Waals surface area (Å²) in [5.74, 6) is 4.07. The number of fused-ring (bicyclic) bond motifs is 5. The van der Waals surface area contributed by atoms with E-state index < -0.39 is 12.2 Å². The number of aliphatic hydroxyl groups is 1. The summed E-state index contributed by atoms with van der Waals surface area (Å²) in [6.07, 6.45) is 19.5. The van der Waals surface area contributed by atoms with Gasteiger partial charge in [-0.3, -0.25) is 14.4 Å². The SMILES string of the molecule is CCOC(O)C1CN(C(=O)CCCCCCC(=O)O[C@H]2CC[C@@]3(C)C(=CCC4C3CC[C@@]3(C)C4CC[C@@H]3C(C)CCCC(C)C)C2)CC1=O. The van der Waals surface area contributed by atoms with Crippen molar-refractivity contribution in [1.82, 2.24) is 4.90 Å². The quantitative estimate of drug-likeness (QED) is 0.0758. The van der Waals surface area contributed by atoms with Gasteiger partial charge in [-0.1, -0.05) is 78.4 Å². The van der Waals surface area contributed by atoms with Crippen LogP contribution in [0.1, 0.15) is 151 Å². The summed E-state index contributed by atoms with van der Waals surface area (Å²) in [6.45, 7) is 14.9. The van der Waals surface area contributed by atoms with E-state index >= 15 is 0 Å². The molecule has 0 spiro atoms. The summed E-state index contributed by atoms with van der Waals surface area (Å²) < 4.78 is 11.2. The number of rotatable bonds is 16. The van der Waals surface area contributed by atoms with Crippen molar-refractivity contribution < 1.29 is 29.0 Å². The predicted molar refractivity (Wildman–Crippen MR) is 193 cm³/mol. The molecule has 1 heterocycles. The molecule has 0 aromatic carbocycles. The molecule has 1 saturated heterocycles. The van der Waals surface area contributed by atoms with Gasteiger partial charge in [0.25, 0.3) is 0 Å². The molecule has 7 nitrogen and oxygen atoms in total. The summed E-state index contributed by atoms with van der Waals surface area (Å²) in [4.78, 5) is 39.2. The number of likely N-dealkylation sites (tertiary alicyclic amines) is 1. The van der Waals surface area contributed by atoms with Crippen molar-refractivity contribution in [3.63, 3.8) is 0 Å². The highest BCUT2D eigenvalue weighted by Crippen LogP contribution is 2.67. The standard InChI is InChI=1S/C42H69NO6/c1-7-48-40(47)33-26-43(27-37(33)44)38(45)15-10-8-9-11-16-39(46)49-31-21-23-41(5)30(25-31)17-18-32-35-20-19-34(29(4)14-12-13-28(2)3)42(35,6)24-22-36(32)41/h17,28-29,31-36,40,47H,7-16,18-27H2,1-6H3/t29?,31-,32?,33?,34+,35?,36?,40?,41-,42+/m0/s1. The average Bonchev–Trinajstić information content (AvgIpc) is 3.62. The summed E-state index contributed by atoms with van der Waals surface area (Å²) in [7, 11) is 0. The fourth-order valence-electron chi connectivity index (χ4n) is 11.5. The van der Waals surface area contributed by atoms with E-state index in [0.29, 0.717) is 24.9 Å². The lowest BCUT2D eigenvalue weighted by molar-refractivity contribution is -0.152. The van der Waals surface area contributed by atoms with E-state index in [0.717, 1.165) is 80.5 Å². The number of esters is 1. The number of carbonyl (C=O) groups excluding carboxylic acids is 3. The lowest BCUT2D eigenvalue weighted by Crippen LogP contribution is -2.51. The lowest BCUT2D eigenvalue weighted by Gasteiger charge is -2.58. The molecule has 5 rings (SSSR count). The second-order valence-corrected chi connectivity index (χ2v) is 17.8. The topological polar surface area (TPSA) is 93.1 Å². The minimum Gasteiger partial charge on any atom is -0.462 e. The van der Waals surface area contributed by atoms with Crippen LogP contribution in [0.2, 0.25) is 0 Å². The number of amides is 1. The minimum atomic E-state index is -1.15. The Bertz CT molecular complexity index is 1180. The van der Waals surface area contributed by atoms with Gasteiger partial charge < -0.3 is 19.5 Å². The monoisotopic (exact) mass is 684 g/mol. The number of Topliss-reactive ketones (excluding diaryl/α,β-unsaturated/α-hetero) is 1. The third-order valence-electron chi connectivity index (χ3n) is 14.3. The number of unbranched alkanes of at least 4 members (excludes halogenated alkanes) is 3. The van der Waals surface area contributed by atoms with Crippen molar-refractivity contribution in [1.29, 1.82) is 0 Å². The number of ketones is 1. The highest BCUT2D eigenvalue weighted by atomic mass is 16.6. The van der Waals surface area contributed by atoms with Gasteiger partial charge in [-0.15, -0.1) is 0 Å².